The van der Waals surface area contributed by atoms with Gasteiger partial charge < -0.3 is 0 Å². The summed E-state index contributed by atoms with van der Waals surface area (Å²) in [7, 11) is 0. The fourth-order valence-electron chi connectivity index (χ4n) is 1.79. The van der Waals surface area contributed by atoms with Crippen LogP contribution in [-0.4, -0.2) is 33.3 Å². The summed E-state index contributed by atoms with van der Waals surface area (Å²) in [6.07, 6.45) is 3.54. The first-order valence-corrected chi connectivity index (χ1v) is 6.35. The Morgan fingerprint density at radius 2 is 2.47 bits per heavy atom. The Morgan fingerprint density at radius 1 is 1.65 bits per heavy atom. The lowest BCUT2D eigenvalue weighted by Crippen LogP contribution is -2.25. The zero-order valence-corrected chi connectivity index (χ0v) is 10.3. The highest BCUT2D eigenvalue weighted by Crippen LogP contribution is 2.25. The van der Waals surface area contributed by atoms with Gasteiger partial charge in [0.2, 0.25) is 5.91 Å². The van der Waals surface area contributed by atoms with Gasteiger partial charge >= 0.3 is 0 Å². The van der Waals surface area contributed by atoms with E-state index < -0.39 is 0 Å². The maximum atomic E-state index is 11.8. The zero-order chi connectivity index (χ0) is 12.3. The van der Waals surface area contributed by atoms with Gasteiger partial charge in [0.15, 0.2) is 5.12 Å². The SMILES string of the molecule is CC(=O)SCC1CC(=O)N(c2ccncn2)C1. The van der Waals surface area contributed by atoms with E-state index >= 15 is 0 Å². The molecule has 5 nitrogen and oxygen atoms in total. The molecular weight excluding hydrogens is 238 g/mol. The van der Waals surface area contributed by atoms with Crippen LogP contribution >= 0.6 is 11.8 Å². The summed E-state index contributed by atoms with van der Waals surface area (Å²) in [5.74, 6) is 1.63. The smallest absolute Gasteiger partial charge is 0.228 e. The van der Waals surface area contributed by atoms with E-state index in [1.165, 1.54) is 18.1 Å². The monoisotopic (exact) mass is 251 g/mol. The van der Waals surface area contributed by atoms with Crippen LogP contribution in [-0.2, 0) is 9.59 Å². The summed E-state index contributed by atoms with van der Waals surface area (Å²) in [4.78, 5) is 32.2. The summed E-state index contributed by atoms with van der Waals surface area (Å²) in [5.41, 5.74) is 0. The predicted octanol–water partition coefficient (Wildman–Crippen LogP) is 1.11. The first kappa shape index (κ1) is 12.0. The van der Waals surface area contributed by atoms with E-state index in [0.29, 0.717) is 24.5 Å². The Bertz CT molecular complexity index is 424. The maximum absolute atomic E-state index is 11.8. The molecule has 1 aromatic heterocycles. The number of hydrogen-bond acceptors (Lipinski definition) is 5. The minimum Gasteiger partial charge on any atom is -0.296 e. The molecule has 1 amide bonds. The molecule has 6 heteroatoms. The summed E-state index contributed by atoms with van der Waals surface area (Å²) in [6, 6.07) is 1.72. The lowest BCUT2D eigenvalue weighted by Gasteiger charge is -2.14. The van der Waals surface area contributed by atoms with Gasteiger partial charge in [-0.25, -0.2) is 9.97 Å². The number of amides is 1. The van der Waals surface area contributed by atoms with Gasteiger partial charge in [-0.3, -0.25) is 14.5 Å². The van der Waals surface area contributed by atoms with Crippen molar-refractivity contribution in [2.45, 2.75) is 13.3 Å². The van der Waals surface area contributed by atoms with E-state index in [1.807, 2.05) is 0 Å². The van der Waals surface area contributed by atoms with Gasteiger partial charge in [0.25, 0.3) is 0 Å². The number of carbonyl (C=O) groups is 2. The average Bonchev–Trinajstić information content (AvgIpc) is 2.69. The Labute approximate surface area is 104 Å². The van der Waals surface area contributed by atoms with Gasteiger partial charge in [0, 0.05) is 31.8 Å². The fourth-order valence-corrected chi connectivity index (χ4v) is 2.49. The number of carbonyl (C=O) groups excluding carboxylic acids is 2. The molecule has 0 radical (unpaired) electrons. The van der Waals surface area contributed by atoms with Crippen LogP contribution in [0.3, 0.4) is 0 Å². The van der Waals surface area contributed by atoms with Crippen LogP contribution in [0, 0.1) is 5.92 Å². The molecule has 0 aliphatic carbocycles. The van der Waals surface area contributed by atoms with E-state index in [0.717, 1.165) is 0 Å². The summed E-state index contributed by atoms with van der Waals surface area (Å²) < 4.78 is 0. The molecule has 17 heavy (non-hydrogen) atoms. The van der Waals surface area contributed by atoms with Gasteiger partial charge in [0.05, 0.1) is 0 Å². The van der Waals surface area contributed by atoms with Gasteiger partial charge in [-0.2, -0.15) is 0 Å². The number of hydrogen-bond donors (Lipinski definition) is 0. The van der Waals surface area contributed by atoms with Crippen LogP contribution in [0.5, 0.6) is 0 Å². The number of nitrogens with zero attached hydrogens (tertiary/aromatic N) is 3. The molecule has 1 fully saturated rings. The number of thioether (sulfide) groups is 1. The molecule has 1 aliphatic heterocycles. The van der Waals surface area contributed by atoms with E-state index in [1.54, 1.807) is 24.1 Å². The molecule has 0 saturated carbocycles. The second-order valence-electron chi connectivity index (χ2n) is 3.94. The van der Waals surface area contributed by atoms with Crippen molar-refractivity contribution in [2.75, 3.05) is 17.2 Å². The zero-order valence-electron chi connectivity index (χ0n) is 9.50. The van der Waals surface area contributed by atoms with Crippen LogP contribution in [0.2, 0.25) is 0 Å². The molecule has 0 bridgehead atoms. The predicted molar refractivity (Wildman–Crippen MR) is 65.6 cm³/mol. The van der Waals surface area contributed by atoms with Gasteiger partial charge in [0.1, 0.15) is 12.1 Å². The van der Waals surface area contributed by atoms with E-state index in [9.17, 15) is 9.59 Å². The Hall–Kier alpha value is -1.43. The normalized spacial score (nSPS) is 19.7. The van der Waals surface area contributed by atoms with Crippen molar-refractivity contribution in [3.63, 3.8) is 0 Å². The van der Waals surface area contributed by atoms with Crippen LogP contribution in [0.25, 0.3) is 0 Å². The van der Waals surface area contributed by atoms with Crippen molar-refractivity contribution >= 4 is 28.6 Å². The molecule has 2 heterocycles. The lowest BCUT2D eigenvalue weighted by atomic mass is 10.1. The Balaban J connectivity index is 1.98. The van der Waals surface area contributed by atoms with Crippen LogP contribution < -0.4 is 4.90 Å². The first-order valence-electron chi connectivity index (χ1n) is 5.36. The number of anilines is 1. The molecule has 1 saturated heterocycles. The molecule has 1 aliphatic rings. The van der Waals surface area contributed by atoms with Crippen molar-refractivity contribution in [3.05, 3.63) is 18.6 Å². The third kappa shape index (κ3) is 3.03. The Kier molecular flexibility index (Phi) is 3.73. The first-order chi connectivity index (χ1) is 8.16. The van der Waals surface area contributed by atoms with Crippen LogP contribution in [0.1, 0.15) is 13.3 Å². The highest BCUT2D eigenvalue weighted by atomic mass is 32.2. The van der Waals surface area contributed by atoms with Gasteiger partial charge in [-0.15, -0.1) is 0 Å². The third-order valence-corrected chi connectivity index (χ3v) is 3.61. The number of rotatable bonds is 3. The van der Waals surface area contributed by atoms with Crippen molar-refractivity contribution in [1.29, 1.82) is 0 Å². The molecule has 90 valence electrons. The third-order valence-electron chi connectivity index (χ3n) is 2.57. The quantitative estimate of drug-likeness (QED) is 0.805. The molecule has 0 N–H and O–H groups in total. The lowest BCUT2D eigenvalue weighted by molar-refractivity contribution is -0.117. The van der Waals surface area contributed by atoms with E-state index in [2.05, 4.69) is 9.97 Å². The minimum absolute atomic E-state index is 0.0675. The molecule has 1 aromatic rings. The number of aromatic nitrogens is 2. The fraction of sp³-hybridized carbons (Fsp3) is 0.455. The van der Waals surface area contributed by atoms with Crippen LogP contribution in [0.4, 0.5) is 5.82 Å². The van der Waals surface area contributed by atoms with Crippen LogP contribution in [0.15, 0.2) is 18.6 Å². The summed E-state index contributed by atoms with van der Waals surface area (Å²) in [5, 5.41) is 0.0953. The standard InChI is InChI=1S/C11H13N3O2S/c1-8(15)17-6-9-4-11(16)14(5-9)10-2-3-12-7-13-10/h2-3,7,9H,4-6H2,1H3. The van der Waals surface area contributed by atoms with Crippen molar-refractivity contribution in [3.8, 4) is 0 Å². The van der Waals surface area contributed by atoms with E-state index in [-0.39, 0.29) is 16.9 Å². The molecule has 2 rings (SSSR count). The maximum Gasteiger partial charge on any atom is 0.228 e. The average molecular weight is 251 g/mol. The Morgan fingerprint density at radius 3 is 3.12 bits per heavy atom. The van der Waals surface area contributed by atoms with Crippen molar-refractivity contribution < 1.29 is 9.59 Å². The molecular formula is C11H13N3O2S. The van der Waals surface area contributed by atoms with Crippen molar-refractivity contribution in [1.82, 2.24) is 9.97 Å². The highest BCUT2D eigenvalue weighted by Gasteiger charge is 2.31. The summed E-state index contributed by atoms with van der Waals surface area (Å²) in [6.45, 7) is 2.18. The van der Waals surface area contributed by atoms with E-state index in [4.69, 9.17) is 0 Å². The molecule has 1 atom stereocenters. The van der Waals surface area contributed by atoms with Crippen molar-refractivity contribution in [2.24, 2.45) is 5.92 Å². The van der Waals surface area contributed by atoms with Gasteiger partial charge in [-0.1, -0.05) is 11.8 Å². The molecule has 0 aromatic carbocycles. The highest BCUT2D eigenvalue weighted by molar-refractivity contribution is 8.13. The largest absolute Gasteiger partial charge is 0.296 e. The second-order valence-corrected chi connectivity index (χ2v) is 5.14. The second kappa shape index (κ2) is 5.27. The minimum atomic E-state index is 0.0675. The topological polar surface area (TPSA) is 63.2 Å². The summed E-state index contributed by atoms with van der Waals surface area (Å²) >= 11 is 1.28. The molecule has 0 spiro atoms. The van der Waals surface area contributed by atoms with Gasteiger partial charge in [-0.05, 0) is 12.0 Å². The molecule has 1 unspecified atom stereocenters.